The van der Waals surface area contributed by atoms with Crippen molar-refractivity contribution < 1.29 is 4.74 Å². The van der Waals surface area contributed by atoms with Crippen LogP contribution in [0.2, 0.25) is 0 Å². The predicted molar refractivity (Wildman–Crippen MR) is 99.6 cm³/mol. The van der Waals surface area contributed by atoms with Gasteiger partial charge < -0.3 is 9.30 Å². The van der Waals surface area contributed by atoms with Gasteiger partial charge in [-0.1, -0.05) is 48.5 Å². The van der Waals surface area contributed by atoms with E-state index < -0.39 is 0 Å². The smallest absolute Gasteiger partial charge is 0.0645 e. The number of ether oxygens (including phenoxy) is 1. The van der Waals surface area contributed by atoms with Crippen LogP contribution in [0.4, 0.5) is 0 Å². The summed E-state index contributed by atoms with van der Waals surface area (Å²) in [5.74, 6) is 0.282. The number of hydrogen-bond acceptors (Lipinski definition) is 1. The highest BCUT2D eigenvalue weighted by Gasteiger charge is 2.28. The highest BCUT2D eigenvalue weighted by molar-refractivity contribution is 5.87. The van der Waals surface area contributed by atoms with E-state index >= 15 is 0 Å². The molecule has 2 heteroatoms. The minimum Gasteiger partial charge on any atom is -0.376 e. The third kappa shape index (κ3) is 2.38. The van der Waals surface area contributed by atoms with Crippen LogP contribution >= 0.6 is 0 Å². The van der Waals surface area contributed by atoms with Crippen molar-refractivity contribution in [2.75, 3.05) is 13.2 Å². The van der Waals surface area contributed by atoms with E-state index in [1.807, 2.05) is 6.08 Å². The van der Waals surface area contributed by atoms with Crippen molar-refractivity contribution in [1.82, 2.24) is 4.57 Å². The number of aryl methyl sites for hydroxylation is 2. The molecule has 0 unspecified atom stereocenters. The van der Waals surface area contributed by atoms with E-state index in [4.69, 9.17) is 4.74 Å². The Labute approximate surface area is 143 Å². The van der Waals surface area contributed by atoms with Gasteiger partial charge in [-0.3, -0.25) is 0 Å². The molecule has 1 heterocycles. The molecule has 0 amide bonds. The monoisotopic (exact) mass is 317 g/mol. The summed E-state index contributed by atoms with van der Waals surface area (Å²) in [5.41, 5.74) is 7.07. The zero-order valence-electron chi connectivity index (χ0n) is 14.2. The zero-order valence-corrected chi connectivity index (χ0v) is 14.2. The van der Waals surface area contributed by atoms with Gasteiger partial charge in [0.1, 0.15) is 0 Å². The highest BCUT2D eigenvalue weighted by Crippen LogP contribution is 2.40. The molecular weight excluding hydrogens is 294 g/mol. The van der Waals surface area contributed by atoms with E-state index in [1.165, 1.54) is 33.3 Å². The Kier molecular flexibility index (Phi) is 3.99. The molecule has 4 rings (SSSR count). The maximum Gasteiger partial charge on any atom is 0.0645 e. The molecule has 24 heavy (non-hydrogen) atoms. The van der Waals surface area contributed by atoms with Gasteiger partial charge in [-0.25, -0.2) is 0 Å². The third-order valence-corrected chi connectivity index (χ3v) is 5.20. The number of fused-ring (bicyclic) bond motifs is 4. The van der Waals surface area contributed by atoms with Crippen LogP contribution in [0.15, 0.2) is 61.2 Å². The number of aromatic nitrogens is 1. The van der Waals surface area contributed by atoms with E-state index in [0.29, 0.717) is 13.2 Å². The summed E-state index contributed by atoms with van der Waals surface area (Å²) in [4.78, 5) is 0. The van der Waals surface area contributed by atoms with E-state index in [0.717, 1.165) is 12.8 Å². The Morgan fingerprint density at radius 2 is 1.92 bits per heavy atom. The minimum atomic E-state index is 0.282. The second-order valence-corrected chi connectivity index (χ2v) is 6.51. The summed E-state index contributed by atoms with van der Waals surface area (Å²) >= 11 is 0. The zero-order chi connectivity index (χ0) is 16.5. The fourth-order valence-corrected chi connectivity index (χ4v) is 4.12. The number of benzene rings is 2. The lowest BCUT2D eigenvalue weighted by molar-refractivity contribution is 0.155. The van der Waals surface area contributed by atoms with Gasteiger partial charge in [-0.05, 0) is 35.6 Å². The van der Waals surface area contributed by atoms with Crippen LogP contribution in [0.3, 0.4) is 0 Å². The molecule has 0 saturated heterocycles. The molecule has 1 aliphatic carbocycles. The van der Waals surface area contributed by atoms with Gasteiger partial charge >= 0.3 is 0 Å². The topological polar surface area (TPSA) is 14.2 Å². The molecule has 0 spiro atoms. The van der Waals surface area contributed by atoms with Crippen LogP contribution in [0.25, 0.3) is 10.9 Å². The fourth-order valence-electron chi connectivity index (χ4n) is 4.12. The SMILES string of the molecule is C=CCOC[C@@H]1c2ccccc2CCc2c1c1ccccc1n2C. The first-order chi connectivity index (χ1) is 11.8. The largest absolute Gasteiger partial charge is 0.376 e. The average Bonchev–Trinajstić information content (AvgIpc) is 2.79. The summed E-state index contributed by atoms with van der Waals surface area (Å²) in [6, 6.07) is 17.6. The molecule has 1 atom stereocenters. The summed E-state index contributed by atoms with van der Waals surface area (Å²) < 4.78 is 8.29. The highest BCUT2D eigenvalue weighted by atomic mass is 16.5. The van der Waals surface area contributed by atoms with Gasteiger partial charge in [-0.15, -0.1) is 6.58 Å². The van der Waals surface area contributed by atoms with Crippen molar-refractivity contribution in [1.29, 1.82) is 0 Å². The molecule has 0 bridgehead atoms. The molecule has 122 valence electrons. The third-order valence-electron chi connectivity index (χ3n) is 5.20. The molecule has 2 aromatic carbocycles. The van der Waals surface area contributed by atoms with E-state index in [-0.39, 0.29) is 5.92 Å². The van der Waals surface area contributed by atoms with Crippen LogP contribution < -0.4 is 0 Å². The molecule has 0 aliphatic heterocycles. The number of para-hydroxylation sites is 1. The van der Waals surface area contributed by atoms with Crippen LogP contribution in [-0.4, -0.2) is 17.8 Å². The Bertz CT molecular complexity index is 890. The Morgan fingerprint density at radius 1 is 1.12 bits per heavy atom. The summed E-state index contributed by atoms with van der Waals surface area (Å²) in [7, 11) is 2.19. The van der Waals surface area contributed by atoms with Crippen LogP contribution in [0.5, 0.6) is 0 Å². The fraction of sp³-hybridized carbons (Fsp3) is 0.273. The molecular formula is C22H23NO. The van der Waals surface area contributed by atoms with Crippen molar-refractivity contribution in [2.24, 2.45) is 7.05 Å². The van der Waals surface area contributed by atoms with Crippen molar-refractivity contribution >= 4 is 10.9 Å². The normalized spacial score (nSPS) is 16.5. The first-order valence-corrected chi connectivity index (χ1v) is 8.64. The average molecular weight is 317 g/mol. The quantitative estimate of drug-likeness (QED) is 0.506. The van der Waals surface area contributed by atoms with Crippen LogP contribution in [-0.2, 0) is 24.6 Å². The lowest BCUT2D eigenvalue weighted by Crippen LogP contribution is -2.11. The molecule has 0 N–H and O–H groups in total. The van der Waals surface area contributed by atoms with Crippen LogP contribution in [0.1, 0.15) is 28.3 Å². The molecule has 0 fully saturated rings. The predicted octanol–water partition coefficient (Wildman–Crippen LogP) is 4.61. The summed E-state index contributed by atoms with van der Waals surface area (Å²) in [6.45, 7) is 5.07. The molecule has 3 aromatic rings. The van der Waals surface area contributed by atoms with E-state index in [9.17, 15) is 0 Å². The molecule has 2 nitrogen and oxygen atoms in total. The van der Waals surface area contributed by atoms with Crippen molar-refractivity contribution in [3.8, 4) is 0 Å². The van der Waals surface area contributed by atoms with Crippen LogP contribution in [0, 0.1) is 0 Å². The second-order valence-electron chi connectivity index (χ2n) is 6.51. The van der Waals surface area contributed by atoms with Crippen molar-refractivity contribution in [3.63, 3.8) is 0 Å². The van der Waals surface area contributed by atoms with Gasteiger partial charge in [0.05, 0.1) is 13.2 Å². The van der Waals surface area contributed by atoms with Gasteiger partial charge in [0.15, 0.2) is 0 Å². The Morgan fingerprint density at radius 3 is 2.79 bits per heavy atom. The second kappa shape index (κ2) is 6.29. The molecule has 1 aromatic heterocycles. The maximum atomic E-state index is 5.92. The standard InChI is InChI=1S/C22H23NO/c1-3-14-24-15-19-17-9-5-4-8-16(17)12-13-21-22(19)18-10-6-7-11-20(18)23(21)2/h3-11,19H,1,12-15H2,2H3/t19-/m1/s1. The number of hydrogen-bond donors (Lipinski definition) is 0. The van der Waals surface area contributed by atoms with E-state index in [1.54, 1.807) is 0 Å². The summed E-state index contributed by atoms with van der Waals surface area (Å²) in [5, 5.41) is 1.36. The number of rotatable bonds is 4. The lowest BCUT2D eigenvalue weighted by atomic mass is 9.89. The van der Waals surface area contributed by atoms with Crippen molar-refractivity contribution in [3.05, 3.63) is 83.6 Å². The first kappa shape index (κ1) is 15.2. The van der Waals surface area contributed by atoms with Gasteiger partial charge in [-0.2, -0.15) is 0 Å². The lowest BCUT2D eigenvalue weighted by Gasteiger charge is -2.19. The van der Waals surface area contributed by atoms with Gasteiger partial charge in [0.25, 0.3) is 0 Å². The molecule has 0 saturated carbocycles. The molecule has 1 aliphatic rings. The first-order valence-electron chi connectivity index (χ1n) is 8.64. The Balaban J connectivity index is 1.93. The van der Waals surface area contributed by atoms with Crippen molar-refractivity contribution in [2.45, 2.75) is 18.8 Å². The maximum absolute atomic E-state index is 5.92. The van der Waals surface area contributed by atoms with Gasteiger partial charge in [0.2, 0.25) is 0 Å². The number of nitrogens with zero attached hydrogens (tertiary/aromatic N) is 1. The summed E-state index contributed by atoms with van der Waals surface area (Å²) in [6.07, 6.45) is 3.99. The minimum absolute atomic E-state index is 0.282. The van der Waals surface area contributed by atoms with Gasteiger partial charge in [0, 0.05) is 29.6 Å². The van der Waals surface area contributed by atoms with E-state index in [2.05, 4.69) is 66.7 Å². The molecule has 0 radical (unpaired) electrons. The Hall–Kier alpha value is -2.32.